The van der Waals surface area contributed by atoms with Crippen LogP contribution in [0.2, 0.25) is 0 Å². The Labute approximate surface area is 57.1 Å². The van der Waals surface area contributed by atoms with Gasteiger partial charge in [0.1, 0.15) is 0 Å². The van der Waals surface area contributed by atoms with Crippen LogP contribution in [0.1, 0.15) is 27.2 Å². The van der Waals surface area contributed by atoms with Gasteiger partial charge in [-0.15, -0.1) is 0 Å². The standard InChI is InChI=1S/C8H15N/c1-7-4-5-9-8(2,3)6-7/h6,9H,4-5H2,1-3H3. The Morgan fingerprint density at radius 1 is 1.56 bits per heavy atom. The zero-order valence-electron chi connectivity index (χ0n) is 6.49. The van der Waals surface area contributed by atoms with Crippen LogP contribution < -0.4 is 5.32 Å². The van der Waals surface area contributed by atoms with Crippen LogP contribution in [-0.2, 0) is 0 Å². The van der Waals surface area contributed by atoms with Crippen molar-refractivity contribution in [3.63, 3.8) is 0 Å². The molecule has 0 aromatic rings. The minimum absolute atomic E-state index is 0.238. The monoisotopic (exact) mass is 125 g/mol. The molecule has 0 atom stereocenters. The van der Waals surface area contributed by atoms with Crippen LogP contribution in [0.15, 0.2) is 11.6 Å². The van der Waals surface area contributed by atoms with Crippen LogP contribution in [0.3, 0.4) is 0 Å². The van der Waals surface area contributed by atoms with Gasteiger partial charge in [0, 0.05) is 5.54 Å². The third-order valence-corrected chi connectivity index (χ3v) is 1.71. The molecule has 9 heavy (non-hydrogen) atoms. The predicted octanol–water partition coefficient (Wildman–Crippen LogP) is 1.70. The lowest BCUT2D eigenvalue weighted by Gasteiger charge is -2.27. The summed E-state index contributed by atoms with van der Waals surface area (Å²) in [5.74, 6) is 0. The maximum atomic E-state index is 3.41. The summed E-state index contributed by atoms with van der Waals surface area (Å²) in [5.41, 5.74) is 1.75. The Morgan fingerprint density at radius 3 is 2.56 bits per heavy atom. The Bertz CT molecular complexity index is 134. The molecule has 0 fully saturated rings. The van der Waals surface area contributed by atoms with Gasteiger partial charge in [-0.3, -0.25) is 0 Å². The van der Waals surface area contributed by atoms with Crippen LogP contribution in [-0.4, -0.2) is 12.1 Å². The number of nitrogens with one attached hydrogen (secondary N) is 1. The maximum Gasteiger partial charge on any atom is 0.0309 e. The lowest BCUT2D eigenvalue weighted by molar-refractivity contribution is 0.453. The van der Waals surface area contributed by atoms with Gasteiger partial charge >= 0.3 is 0 Å². The maximum absolute atomic E-state index is 3.41. The second-order valence-corrected chi connectivity index (χ2v) is 3.39. The summed E-state index contributed by atoms with van der Waals surface area (Å²) in [5, 5.41) is 3.41. The highest BCUT2D eigenvalue weighted by Crippen LogP contribution is 2.14. The molecule has 0 bridgehead atoms. The molecule has 52 valence electrons. The first-order valence-electron chi connectivity index (χ1n) is 3.53. The summed E-state index contributed by atoms with van der Waals surface area (Å²) in [7, 11) is 0. The normalized spacial score (nSPS) is 25.4. The fraction of sp³-hybridized carbons (Fsp3) is 0.750. The topological polar surface area (TPSA) is 12.0 Å². The van der Waals surface area contributed by atoms with Crippen molar-refractivity contribution in [3.8, 4) is 0 Å². The molecule has 0 aromatic carbocycles. The summed E-state index contributed by atoms with van der Waals surface area (Å²) in [6.07, 6.45) is 3.51. The summed E-state index contributed by atoms with van der Waals surface area (Å²) in [4.78, 5) is 0. The SMILES string of the molecule is CC1=CC(C)(C)NCC1. The summed E-state index contributed by atoms with van der Waals surface area (Å²) in [6.45, 7) is 7.74. The Balaban J connectivity index is 2.68. The van der Waals surface area contributed by atoms with Crippen molar-refractivity contribution in [2.75, 3.05) is 6.54 Å². The predicted molar refractivity (Wildman–Crippen MR) is 40.5 cm³/mol. The molecule has 0 radical (unpaired) electrons. The molecule has 0 unspecified atom stereocenters. The summed E-state index contributed by atoms with van der Waals surface area (Å²) < 4.78 is 0. The minimum Gasteiger partial charge on any atom is -0.308 e. The highest BCUT2D eigenvalue weighted by molar-refractivity contribution is 5.13. The van der Waals surface area contributed by atoms with Crippen molar-refractivity contribution in [1.82, 2.24) is 5.32 Å². The summed E-state index contributed by atoms with van der Waals surface area (Å²) >= 11 is 0. The zero-order valence-corrected chi connectivity index (χ0v) is 6.49. The van der Waals surface area contributed by atoms with E-state index in [0.717, 1.165) is 6.54 Å². The van der Waals surface area contributed by atoms with E-state index in [1.54, 1.807) is 0 Å². The van der Waals surface area contributed by atoms with Crippen LogP contribution in [0.4, 0.5) is 0 Å². The average Bonchev–Trinajstić information content (AvgIpc) is 1.60. The summed E-state index contributed by atoms with van der Waals surface area (Å²) in [6, 6.07) is 0. The van der Waals surface area contributed by atoms with Gasteiger partial charge in [0.2, 0.25) is 0 Å². The molecular weight excluding hydrogens is 110 g/mol. The molecule has 0 aliphatic carbocycles. The van der Waals surface area contributed by atoms with E-state index in [2.05, 4.69) is 32.2 Å². The van der Waals surface area contributed by atoms with E-state index in [9.17, 15) is 0 Å². The van der Waals surface area contributed by atoms with Crippen molar-refractivity contribution < 1.29 is 0 Å². The van der Waals surface area contributed by atoms with Gasteiger partial charge in [0.25, 0.3) is 0 Å². The molecule has 1 rings (SSSR count). The fourth-order valence-electron chi connectivity index (χ4n) is 1.32. The van der Waals surface area contributed by atoms with E-state index < -0.39 is 0 Å². The van der Waals surface area contributed by atoms with E-state index in [4.69, 9.17) is 0 Å². The average molecular weight is 125 g/mol. The number of rotatable bonds is 0. The van der Waals surface area contributed by atoms with E-state index in [-0.39, 0.29) is 5.54 Å². The smallest absolute Gasteiger partial charge is 0.0309 e. The molecule has 0 spiro atoms. The third kappa shape index (κ3) is 1.83. The van der Waals surface area contributed by atoms with Crippen LogP contribution in [0.5, 0.6) is 0 Å². The van der Waals surface area contributed by atoms with E-state index >= 15 is 0 Å². The second-order valence-electron chi connectivity index (χ2n) is 3.39. The molecule has 1 aliphatic heterocycles. The van der Waals surface area contributed by atoms with Gasteiger partial charge in [-0.25, -0.2) is 0 Å². The highest BCUT2D eigenvalue weighted by atomic mass is 14.9. The van der Waals surface area contributed by atoms with Gasteiger partial charge in [-0.1, -0.05) is 11.6 Å². The largest absolute Gasteiger partial charge is 0.308 e. The Hall–Kier alpha value is -0.300. The van der Waals surface area contributed by atoms with Gasteiger partial charge in [0.15, 0.2) is 0 Å². The first kappa shape index (κ1) is 6.81. The van der Waals surface area contributed by atoms with Crippen LogP contribution in [0, 0.1) is 0 Å². The highest BCUT2D eigenvalue weighted by Gasteiger charge is 2.16. The van der Waals surface area contributed by atoms with Gasteiger partial charge in [-0.05, 0) is 33.7 Å². The van der Waals surface area contributed by atoms with Crippen molar-refractivity contribution >= 4 is 0 Å². The molecule has 1 N–H and O–H groups in total. The van der Waals surface area contributed by atoms with Gasteiger partial charge in [-0.2, -0.15) is 0 Å². The molecule has 1 heterocycles. The number of hydrogen-bond acceptors (Lipinski definition) is 1. The van der Waals surface area contributed by atoms with E-state index in [1.165, 1.54) is 12.0 Å². The molecule has 1 aliphatic rings. The molecule has 0 aromatic heterocycles. The fourth-order valence-corrected chi connectivity index (χ4v) is 1.32. The molecule has 1 heteroatoms. The Kier molecular flexibility index (Phi) is 1.62. The first-order valence-corrected chi connectivity index (χ1v) is 3.53. The number of hydrogen-bond donors (Lipinski definition) is 1. The van der Waals surface area contributed by atoms with Crippen molar-refractivity contribution in [2.24, 2.45) is 0 Å². The molecule has 1 nitrogen and oxygen atoms in total. The zero-order chi connectivity index (χ0) is 6.91. The van der Waals surface area contributed by atoms with Crippen molar-refractivity contribution in [2.45, 2.75) is 32.7 Å². The van der Waals surface area contributed by atoms with Gasteiger partial charge < -0.3 is 5.32 Å². The molecule has 0 amide bonds. The van der Waals surface area contributed by atoms with E-state index in [1.807, 2.05) is 0 Å². The van der Waals surface area contributed by atoms with Crippen LogP contribution in [0.25, 0.3) is 0 Å². The van der Waals surface area contributed by atoms with Gasteiger partial charge in [0.05, 0.1) is 0 Å². The lowest BCUT2D eigenvalue weighted by Crippen LogP contribution is -2.40. The van der Waals surface area contributed by atoms with E-state index in [0.29, 0.717) is 0 Å². The minimum atomic E-state index is 0.238. The van der Waals surface area contributed by atoms with Crippen LogP contribution >= 0.6 is 0 Å². The quantitative estimate of drug-likeness (QED) is 0.486. The van der Waals surface area contributed by atoms with Crippen molar-refractivity contribution in [3.05, 3.63) is 11.6 Å². The van der Waals surface area contributed by atoms with Crippen molar-refractivity contribution in [1.29, 1.82) is 0 Å². The Morgan fingerprint density at radius 2 is 2.22 bits per heavy atom. The second kappa shape index (κ2) is 2.14. The molecular formula is C8H15N. The lowest BCUT2D eigenvalue weighted by atomic mass is 9.96. The third-order valence-electron chi connectivity index (χ3n) is 1.71. The first-order chi connectivity index (χ1) is 4.10. The molecule has 0 saturated carbocycles. The molecule has 0 saturated heterocycles.